The van der Waals surface area contributed by atoms with Gasteiger partial charge in [0.1, 0.15) is 48.8 Å². The van der Waals surface area contributed by atoms with Gasteiger partial charge in [0.15, 0.2) is 0 Å². The molecule has 2 rings (SSSR count). The summed E-state index contributed by atoms with van der Waals surface area (Å²) in [6.07, 6.45) is -11.6. The number of rotatable bonds is 5. The smallest absolute Gasteiger partial charge is 0.218 e. The normalized spacial score (nSPS) is 45.5. The number of amides is 2. The SMILES string of the molecule is CC(=O)N[C@@H]1[C@@H](O)[C@H](O)[C@@H](CO)OC1(O)C1O[C@H](CO)[C@@H](O)[C@H](O)[C@H]1NC(C)=O. The number of ether oxygens (including phenoxy) is 2. The van der Waals surface area contributed by atoms with Crippen molar-refractivity contribution in [3.8, 4) is 0 Å². The predicted molar refractivity (Wildman–Crippen MR) is 91.9 cm³/mol. The molecule has 0 saturated carbocycles. The highest BCUT2D eigenvalue weighted by Gasteiger charge is 2.63. The minimum absolute atomic E-state index is 0.674. The van der Waals surface area contributed by atoms with E-state index in [1.807, 2.05) is 0 Å². The van der Waals surface area contributed by atoms with Gasteiger partial charge in [0.25, 0.3) is 0 Å². The fraction of sp³-hybridized carbons (Fsp3) is 0.875. The van der Waals surface area contributed by atoms with Crippen molar-refractivity contribution in [2.75, 3.05) is 13.2 Å². The molecular formula is C16H28N2O11. The molecular weight excluding hydrogens is 396 g/mol. The lowest BCUT2D eigenvalue weighted by Gasteiger charge is -2.55. The molecule has 2 fully saturated rings. The summed E-state index contributed by atoms with van der Waals surface area (Å²) in [5.74, 6) is -4.09. The average molecular weight is 424 g/mol. The van der Waals surface area contributed by atoms with Crippen molar-refractivity contribution in [3.05, 3.63) is 0 Å². The summed E-state index contributed by atoms with van der Waals surface area (Å²) in [5, 5.41) is 75.9. The second-order valence-electron chi connectivity index (χ2n) is 7.24. The molecule has 29 heavy (non-hydrogen) atoms. The average Bonchev–Trinajstić information content (AvgIpc) is 2.65. The van der Waals surface area contributed by atoms with Gasteiger partial charge >= 0.3 is 0 Å². The van der Waals surface area contributed by atoms with Crippen molar-refractivity contribution >= 4 is 11.8 Å². The molecule has 0 radical (unpaired) electrons. The van der Waals surface area contributed by atoms with E-state index >= 15 is 0 Å². The van der Waals surface area contributed by atoms with E-state index in [9.17, 15) is 45.3 Å². The molecule has 13 nitrogen and oxygen atoms in total. The van der Waals surface area contributed by atoms with Crippen LogP contribution in [-0.4, -0.2) is 121 Å². The molecule has 0 aliphatic carbocycles. The van der Waals surface area contributed by atoms with E-state index in [1.54, 1.807) is 0 Å². The van der Waals surface area contributed by atoms with Crippen LogP contribution in [0, 0.1) is 0 Å². The van der Waals surface area contributed by atoms with Gasteiger partial charge in [0.2, 0.25) is 17.6 Å². The van der Waals surface area contributed by atoms with Gasteiger partial charge in [0, 0.05) is 13.8 Å². The van der Waals surface area contributed by atoms with Gasteiger partial charge in [0.05, 0.1) is 19.3 Å². The molecule has 2 heterocycles. The molecule has 2 aliphatic rings. The maximum atomic E-state index is 11.6. The van der Waals surface area contributed by atoms with E-state index in [0.29, 0.717) is 0 Å². The van der Waals surface area contributed by atoms with Crippen LogP contribution in [0.5, 0.6) is 0 Å². The van der Waals surface area contributed by atoms with Gasteiger partial charge in [-0.1, -0.05) is 0 Å². The monoisotopic (exact) mass is 424 g/mol. The van der Waals surface area contributed by atoms with Gasteiger partial charge in [-0.3, -0.25) is 9.59 Å². The predicted octanol–water partition coefficient (Wildman–Crippen LogP) is -5.72. The van der Waals surface area contributed by atoms with E-state index in [1.165, 1.54) is 0 Å². The largest absolute Gasteiger partial charge is 0.394 e. The molecule has 2 saturated heterocycles. The van der Waals surface area contributed by atoms with Gasteiger partial charge < -0.3 is 55.9 Å². The fourth-order valence-corrected chi connectivity index (χ4v) is 3.71. The molecule has 2 unspecified atom stereocenters. The number of hydrogen-bond donors (Lipinski definition) is 9. The summed E-state index contributed by atoms with van der Waals surface area (Å²) in [6.45, 7) is 0.552. The third kappa shape index (κ3) is 4.52. The van der Waals surface area contributed by atoms with E-state index in [-0.39, 0.29) is 0 Å². The Kier molecular flexibility index (Phi) is 7.53. The van der Waals surface area contributed by atoms with Crippen LogP contribution in [0.2, 0.25) is 0 Å². The standard InChI is InChI=1S/C16H28N2O11/c1-5(21)17-9-12(25)10(23)7(3-19)28-15(9)16(27)14(18-6(2)22)13(26)11(24)8(4-20)29-16/h7-15,19-20,23-27H,3-4H2,1-2H3,(H,17,21)(H,18,22)/t7-,8-,9-,10-,11-,12-,13+,14-,15?,16?/m1/s1. The molecule has 0 aromatic heterocycles. The van der Waals surface area contributed by atoms with Crippen molar-refractivity contribution in [2.24, 2.45) is 0 Å². The highest BCUT2D eigenvalue weighted by Crippen LogP contribution is 2.37. The number of hydrogen-bond acceptors (Lipinski definition) is 11. The van der Waals surface area contributed by atoms with E-state index in [4.69, 9.17) is 9.47 Å². The first-order valence-electron chi connectivity index (χ1n) is 9.01. The maximum absolute atomic E-state index is 11.6. The van der Waals surface area contributed by atoms with Crippen LogP contribution in [0.3, 0.4) is 0 Å². The number of carbonyl (C=O) groups is 2. The van der Waals surface area contributed by atoms with Crippen molar-refractivity contribution in [1.82, 2.24) is 10.6 Å². The van der Waals surface area contributed by atoms with Crippen LogP contribution >= 0.6 is 0 Å². The highest BCUT2D eigenvalue weighted by atomic mass is 16.7. The first-order chi connectivity index (χ1) is 13.5. The Morgan fingerprint density at radius 2 is 1.38 bits per heavy atom. The molecule has 9 N–H and O–H groups in total. The first-order valence-corrected chi connectivity index (χ1v) is 9.01. The lowest BCUT2D eigenvalue weighted by Crippen LogP contribution is -2.79. The van der Waals surface area contributed by atoms with Crippen molar-refractivity contribution in [1.29, 1.82) is 0 Å². The van der Waals surface area contributed by atoms with Gasteiger partial charge in [-0.2, -0.15) is 0 Å². The third-order valence-corrected chi connectivity index (χ3v) is 5.10. The summed E-state index contributed by atoms with van der Waals surface area (Å²) >= 11 is 0. The topological polar surface area (TPSA) is 218 Å². The minimum Gasteiger partial charge on any atom is -0.394 e. The maximum Gasteiger partial charge on any atom is 0.218 e. The third-order valence-electron chi connectivity index (χ3n) is 5.10. The highest BCUT2D eigenvalue weighted by molar-refractivity contribution is 5.74. The minimum atomic E-state index is -2.70. The summed E-state index contributed by atoms with van der Waals surface area (Å²) in [5.41, 5.74) is 0. The number of carbonyl (C=O) groups excluding carboxylic acids is 2. The van der Waals surface area contributed by atoms with Crippen LogP contribution < -0.4 is 10.6 Å². The van der Waals surface area contributed by atoms with Crippen molar-refractivity contribution in [3.63, 3.8) is 0 Å². The summed E-state index contributed by atoms with van der Waals surface area (Å²) in [7, 11) is 0. The Morgan fingerprint density at radius 3 is 1.86 bits per heavy atom. The van der Waals surface area contributed by atoms with Crippen LogP contribution in [0.1, 0.15) is 13.8 Å². The van der Waals surface area contributed by atoms with Crippen LogP contribution in [-0.2, 0) is 19.1 Å². The molecule has 0 aromatic rings. The molecule has 0 spiro atoms. The fourth-order valence-electron chi connectivity index (χ4n) is 3.71. The van der Waals surface area contributed by atoms with E-state index < -0.39 is 85.6 Å². The zero-order chi connectivity index (χ0) is 22.1. The lowest BCUT2D eigenvalue weighted by molar-refractivity contribution is -0.374. The van der Waals surface area contributed by atoms with Crippen molar-refractivity contribution < 1.29 is 54.8 Å². The summed E-state index contributed by atoms with van der Waals surface area (Å²) in [4.78, 5) is 23.2. The summed E-state index contributed by atoms with van der Waals surface area (Å²) in [6, 6.07) is -3.23. The molecule has 168 valence electrons. The Morgan fingerprint density at radius 1 is 0.862 bits per heavy atom. The second-order valence-corrected chi connectivity index (χ2v) is 7.24. The van der Waals surface area contributed by atoms with Gasteiger partial charge in [-0.05, 0) is 0 Å². The molecule has 0 bridgehead atoms. The number of aliphatic hydroxyl groups excluding tert-OH is 6. The number of aliphatic hydroxyl groups is 7. The summed E-state index contributed by atoms with van der Waals surface area (Å²) < 4.78 is 10.9. The van der Waals surface area contributed by atoms with Crippen molar-refractivity contribution in [2.45, 2.75) is 74.4 Å². The molecule has 2 amide bonds. The van der Waals surface area contributed by atoms with Crippen LogP contribution in [0.4, 0.5) is 0 Å². The lowest BCUT2D eigenvalue weighted by atomic mass is 9.80. The van der Waals surface area contributed by atoms with Gasteiger partial charge in [-0.15, -0.1) is 0 Å². The Balaban J connectivity index is 2.53. The first kappa shape index (κ1) is 23.9. The molecule has 13 heteroatoms. The van der Waals surface area contributed by atoms with Crippen LogP contribution in [0.25, 0.3) is 0 Å². The van der Waals surface area contributed by atoms with Gasteiger partial charge in [-0.25, -0.2) is 0 Å². The molecule has 10 atom stereocenters. The zero-order valence-electron chi connectivity index (χ0n) is 15.9. The Hall–Kier alpha value is -1.42. The molecule has 0 aromatic carbocycles. The van der Waals surface area contributed by atoms with E-state index in [2.05, 4.69) is 10.6 Å². The Bertz CT molecular complexity index is 607. The van der Waals surface area contributed by atoms with E-state index in [0.717, 1.165) is 13.8 Å². The quantitative estimate of drug-likeness (QED) is 0.202. The van der Waals surface area contributed by atoms with Crippen LogP contribution in [0.15, 0.2) is 0 Å². The Labute approximate surface area is 165 Å². The second kappa shape index (κ2) is 9.16. The number of nitrogens with one attached hydrogen (secondary N) is 2. The zero-order valence-corrected chi connectivity index (χ0v) is 15.9. The molecule has 2 aliphatic heterocycles.